The second kappa shape index (κ2) is 3.54. The van der Waals surface area contributed by atoms with Gasteiger partial charge in [0.25, 0.3) is 0 Å². The maximum absolute atomic E-state index is 5.71. The van der Waals surface area contributed by atoms with Gasteiger partial charge in [0.1, 0.15) is 5.60 Å². The first kappa shape index (κ1) is 10.3. The molecule has 0 spiro atoms. The summed E-state index contributed by atoms with van der Waals surface area (Å²) in [5.41, 5.74) is 6.00. The van der Waals surface area contributed by atoms with Crippen molar-refractivity contribution < 1.29 is 4.74 Å². The van der Waals surface area contributed by atoms with Crippen molar-refractivity contribution >= 4 is 21.6 Å². The van der Waals surface area contributed by atoms with E-state index in [-0.39, 0.29) is 5.60 Å². The minimum absolute atomic E-state index is 0.252. The molecule has 4 heteroatoms. The molecule has 0 saturated heterocycles. The monoisotopic (exact) mass is 244 g/mol. The first-order valence-corrected chi connectivity index (χ1v) is 4.77. The molecule has 0 bridgehead atoms. The number of pyridine rings is 1. The van der Waals surface area contributed by atoms with Crippen molar-refractivity contribution in [1.82, 2.24) is 4.98 Å². The zero-order valence-corrected chi connectivity index (χ0v) is 9.55. The Morgan fingerprint density at radius 2 is 2.00 bits per heavy atom. The summed E-state index contributed by atoms with van der Waals surface area (Å²) in [6.45, 7) is 5.91. The van der Waals surface area contributed by atoms with Gasteiger partial charge in [-0.3, -0.25) is 4.98 Å². The fraction of sp³-hybridized carbons (Fsp3) is 0.444. The average molecular weight is 245 g/mol. The van der Waals surface area contributed by atoms with Crippen molar-refractivity contribution in [3.8, 4) is 5.75 Å². The number of nitrogens with two attached hydrogens (primary N) is 1. The zero-order chi connectivity index (χ0) is 10.1. The third-order valence-electron chi connectivity index (χ3n) is 1.29. The number of nitrogen functional groups attached to an aromatic ring is 1. The van der Waals surface area contributed by atoms with Gasteiger partial charge in [-0.2, -0.15) is 0 Å². The number of hydrogen-bond donors (Lipinski definition) is 1. The van der Waals surface area contributed by atoms with Gasteiger partial charge in [-0.25, -0.2) is 0 Å². The van der Waals surface area contributed by atoms with Gasteiger partial charge >= 0.3 is 0 Å². The highest BCUT2D eigenvalue weighted by molar-refractivity contribution is 9.10. The summed E-state index contributed by atoms with van der Waals surface area (Å²) in [6.07, 6.45) is 3.24. The Morgan fingerprint density at radius 3 is 2.46 bits per heavy atom. The molecule has 0 saturated carbocycles. The van der Waals surface area contributed by atoms with Crippen LogP contribution in [0.4, 0.5) is 5.69 Å². The molecule has 0 aromatic carbocycles. The lowest BCUT2D eigenvalue weighted by atomic mass is 10.2. The maximum atomic E-state index is 5.71. The fourth-order valence-electron chi connectivity index (χ4n) is 0.852. The standard InChI is InChI=1S/C9H13BrN2O/c1-9(2,3)13-8-6(10)4-12-5-7(8)11/h4-5H,11H2,1-3H3. The fourth-order valence-corrected chi connectivity index (χ4v) is 1.28. The predicted octanol–water partition coefficient (Wildman–Crippen LogP) is 2.60. The molecule has 0 aliphatic rings. The summed E-state index contributed by atoms with van der Waals surface area (Å²) in [4.78, 5) is 3.92. The molecule has 0 fully saturated rings. The van der Waals surface area contributed by atoms with Crippen LogP contribution in [0.2, 0.25) is 0 Å². The molecular formula is C9H13BrN2O. The van der Waals surface area contributed by atoms with Crippen LogP contribution in [0.1, 0.15) is 20.8 Å². The highest BCUT2D eigenvalue weighted by Gasteiger charge is 2.16. The van der Waals surface area contributed by atoms with Gasteiger partial charge in [-0.05, 0) is 36.7 Å². The van der Waals surface area contributed by atoms with E-state index in [9.17, 15) is 0 Å². The predicted molar refractivity (Wildman–Crippen MR) is 56.7 cm³/mol. The van der Waals surface area contributed by atoms with Gasteiger partial charge < -0.3 is 10.5 Å². The minimum atomic E-state index is -0.252. The number of anilines is 1. The lowest BCUT2D eigenvalue weighted by Crippen LogP contribution is -2.23. The normalized spacial score (nSPS) is 11.4. The molecule has 1 rings (SSSR count). The summed E-state index contributed by atoms with van der Waals surface area (Å²) in [5.74, 6) is 0.655. The number of aromatic nitrogens is 1. The van der Waals surface area contributed by atoms with Crippen molar-refractivity contribution in [3.63, 3.8) is 0 Å². The van der Waals surface area contributed by atoms with Crippen molar-refractivity contribution in [3.05, 3.63) is 16.9 Å². The molecule has 0 amide bonds. The molecule has 1 heterocycles. The van der Waals surface area contributed by atoms with Crippen LogP contribution in [-0.2, 0) is 0 Å². The Hall–Kier alpha value is -0.770. The molecule has 13 heavy (non-hydrogen) atoms. The van der Waals surface area contributed by atoms with Crippen LogP contribution in [-0.4, -0.2) is 10.6 Å². The summed E-state index contributed by atoms with van der Waals surface area (Å²) in [7, 11) is 0. The molecule has 1 aromatic heterocycles. The van der Waals surface area contributed by atoms with E-state index in [1.807, 2.05) is 20.8 Å². The molecule has 3 nitrogen and oxygen atoms in total. The third-order valence-corrected chi connectivity index (χ3v) is 1.85. The summed E-state index contributed by atoms with van der Waals surface area (Å²) in [5, 5.41) is 0. The molecule has 0 radical (unpaired) electrons. The van der Waals surface area contributed by atoms with E-state index >= 15 is 0 Å². The van der Waals surface area contributed by atoms with E-state index in [1.54, 1.807) is 12.4 Å². The molecule has 0 unspecified atom stereocenters. The second-order valence-electron chi connectivity index (χ2n) is 3.75. The Morgan fingerprint density at radius 1 is 1.38 bits per heavy atom. The molecule has 0 atom stereocenters. The van der Waals surface area contributed by atoms with Crippen LogP contribution in [0.5, 0.6) is 5.75 Å². The van der Waals surface area contributed by atoms with Crippen molar-refractivity contribution in [2.24, 2.45) is 0 Å². The topological polar surface area (TPSA) is 48.1 Å². The lowest BCUT2D eigenvalue weighted by molar-refractivity contribution is 0.131. The van der Waals surface area contributed by atoms with Crippen LogP contribution < -0.4 is 10.5 Å². The SMILES string of the molecule is CC(C)(C)Oc1c(N)cncc1Br. The van der Waals surface area contributed by atoms with E-state index in [4.69, 9.17) is 10.5 Å². The number of ether oxygens (including phenoxy) is 1. The summed E-state index contributed by atoms with van der Waals surface area (Å²) in [6, 6.07) is 0. The van der Waals surface area contributed by atoms with E-state index in [0.717, 1.165) is 4.47 Å². The molecule has 0 aliphatic heterocycles. The van der Waals surface area contributed by atoms with Crippen molar-refractivity contribution in [1.29, 1.82) is 0 Å². The van der Waals surface area contributed by atoms with E-state index in [2.05, 4.69) is 20.9 Å². The summed E-state index contributed by atoms with van der Waals surface area (Å²) >= 11 is 3.33. The smallest absolute Gasteiger partial charge is 0.160 e. The minimum Gasteiger partial charge on any atom is -0.485 e. The van der Waals surface area contributed by atoms with E-state index < -0.39 is 0 Å². The van der Waals surface area contributed by atoms with Crippen LogP contribution >= 0.6 is 15.9 Å². The van der Waals surface area contributed by atoms with Crippen LogP contribution in [0.25, 0.3) is 0 Å². The third kappa shape index (κ3) is 2.88. The van der Waals surface area contributed by atoms with Crippen LogP contribution in [0.15, 0.2) is 16.9 Å². The van der Waals surface area contributed by atoms with Crippen molar-refractivity contribution in [2.75, 3.05) is 5.73 Å². The van der Waals surface area contributed by atoms with Crippen molar-refractivity contribution in [2.45, 2.75) is 26.4 Å². The highest BCUT2D eigenvalue weighted by atomic mass is 79.9. The van der Waals surface area contributed by atoms with Gasteiger partial charge in [0, 0.05) is 6.20 Å². The van der Waals surface area contributed by atoms with Gasteiger partial charge in [0.2, 0.25) is 0 Å². The highest BCUT2D eigenvalue weighted by Crippen LogP contribution is 2.32. The van der Waals surface area contributed by atoms with Crippen LogP contribution in [0, 0.1) is 0 Å². The van der Waals surface area contributed by atoms with Gasteiger partial charge in [0.05, 0.1) is 16.4 Å². The average Bonchev–Trinajstić information content (AvgIpc) is 1.95. The lowest BCUT2D eigenvalue weighted by Gasteiger charge is -2.22. The Labute approximate surface area is 86.4 Å². The summed E-state index contributed by atoms with van der Waals surface area (Å²) < 4.78 is 6.43. The quantitative estimate of drug-likeness (QED) is 0.827. The Bertz CT molecular complexity index is 287. The first-order chi connectivity index (χ1) is 5.90. The molecule has 72 valence electrons. The van der Waals surface area contributed by atoms with Gasteiger partial charge in [-0.15, -0.1) is 0 Å². The number of rotatable bonds is 1. The number of hydrogen-bond acceptors (Lipinski definition) is 3. The van der Waals surface area contributed by atoms with E-state index in [0.29, 0.717) is 11.4 Å². The molecule has 0 aliphatic carbocycles. The Kier molecular flexibility index (Phi) is 2.81. The van der Waals surface area contributed by atoms with E-state index in [1.165, 1.54) is 0 Å². The maximum Gasteiger partial charge on any atom is 0.160 e. The molecule has 2 N–H and O–H groups in total. The van der Waals surface area contributed by atoms with Gasteiger partial charge in [-0.1, -0.05) is 0 Å². The second-order valence-corrected chi connectivity index (χ2v) is 4.61. The van der Waals surface area contributed by atoms with Crippen LogP contribution in [0.3, 0.4) is 0 Å². The Balaban J connectivity index is 3.00. The van der Waals surface area contributed by atoms with Gasteiger partial charge in [0.15, 0.2) is 5.75 Å². The largest absolute Gasteiger partial charge is 0.485 e. The number of halogens is 1. The molecular weight excluding hydrogens is 232 g/mol. The zero-order valence-electron chi connectivity index (χ0n) is 7.97. The number of nitrogens with zero attached hydrogens (tertiary/aromatic N) is 1. The molecule has 1 aromatic rings. The first-order valence-electron chi connectivity index (χ1n) is 3.98.